The first-order valence-electron chi connectivity index (χ1n) is 9.67. The Morgan fingerprint density at radius 2 is 1.72 bits per heavy atom. The largest absolute Gasteiger partial charge is 0.504 e. The standard InChI is InChI=1S/C18H22O9S2/c1-18-7-6-11-10(12(18)4-5-14(18)20)3-2-9-8-13(19)16-17(15(9)11)26-29(23,24)27-28(21,22)25-16/h8,10-12,14,19-20H,2-7H2,1H3/t10-,11-,12-,14-,18-/m0/s1. The summed E-state index contributed by atoms with van der Waals surface area (Å²) in [6.45, 7) is 2.11. The van der Waals surface area contributed by atoms with Crippen molar-refractivity contribution < 1.29 is 39.0 Å². The van der Waals surface area contributed by atoms with E-state index in [4.69, 9.17) is 8.37 Å². The molecular weight excluding hydrogens is 424 g/mol. The minimum absolute atomic E-state index is 0.0870. The predicted molar refractivity (Wildman–Crippen MR) is 98.9 cm³/mol. The number of fused-ring (bicyclic) bond motifs is 7. The molecule has 1 aliphatic heterocycles. The van der Waals surface area contributed by atoms with Crippen LogP contribution in [0.1, 0.15) is 56.1 Å². The number of hydrogen-bond donors (Lipinski definition) is 2. The van der Waals surface area contributed by atoms with Crippen LogP contribution in [0.15, 0.2) is 6.07 Å². The van der Waals surface area contributed by atoms with Gasteiger partial charge in [0, 0.05) is 5.56 Å². The van der Waals surface area contributed by atoms with Crippen molar-refractivity contribution in [3.8, 4) is 17.2 Å². The first-order chi connectivity index (χ1) is 13.5. The lowest BCUT2D eigenvalue weighted by Gasteiger charge is -2.50. The predicted octanol–water partition coefficient (Wildman–Crippen LogP) is 1.89. The summed E-state index contributed by atoms with van der Waals surface area (Å²) >= 11 is 0. The SMILES string of the molecule is C[C@]12CC[C@@H]3c4c(cc(O)c5c4OS(=O)(=O)OS(=O)(=O)O5)CC[C@@H]3[C@@H]1CC[C@@H]2O. The maximum atomic E-state index is 12.1. The van der Waals surface area contributed by atoms with Crippen LogP contribution in [0.4, 0.5) is 0 Å². The average molecular weight is 446 g/mol. The van der Waals surface area contributed by atoms with E-state index in [2.05, 4.69) is 10.6 Å². The second-order valence-corrected chi connectivity index (χ2v) is 11.2. The quantitative estimate of drug-likeness (QED) is 0.612. The highest BCUT2D eigenvalue weighted by Crippen LogP contribution is 2.63. The molecule has 1 aromatic carbocycles. The van der Waals surface area contributed by atoms with E-state index in [9.17, 15) is 27.0 Å². The maximum absolute atomic E-state index is 12.1. The Morgan fingerprint density at radius 1 is 1.03 bits per heavy atom. The first-order valence-corrected chi connectivity index (χ1v) is 12.3. The summed E-state index contributed by atoms with van der Waals surface area (Å²) in [5, 5.41) is 20.8. The van der Waals surface area contributed by atoms with Crippen molar-refractivity contribution in [3.63, 3.8) is 0 Å². The van der Waals surface area contributed by atoms with Gasteiger partial charge >= 0.3 is 20.8 Å². The summed E-state index contributed by atoms with van der Waals surface area (Å²) in [5.74, 6) is -1.01. The third kappa shape index (κ3) is 2.85. The van der Waals surface area contributed by atoms with Gasteiger partial charge in [0.05, 0.1) is 6.10 Å². The number of aromatic hydroxyl groups is 1. The fourth-order valence-corrected chi connectivity index (χ4v) is 7.92. The van der Waals surface area contributed by atoms with Gasteiger partial charge in [0.1, 0.15) is 0 Å². The number of benzene rings is 1. The molecule has 0 aromatic heterocycles. The zero-order valence-corrected chi connectivity index (χ0v) is 17.3. The van der Waals surface area contributed by atoms with Gasteiger partial charge in [-0.05, 0) is 73.3 Å². The average Bonchev–Trinajstić information content (AvgIpc) is 2.85. The lowest BCUT2D eigenvalue weighted by molar-refractivity contribution is -0.0228. The monoisotopic (exact) mass is 446 g/mol. The molecule has 0 bridgehead atoms. The van der Waals surface area contributed by atoms with E-state index in [-0.39, 0.29) is 35.0 Å². The molecule has 160 valence electrons. The zero-order chi connectivity index (χ0) is 20.8. The third-order valence-corrected chi connectivity index (χ3v) is 9.46. The van der Waals surface area contributed by atoms with Gasteiger partial charge in [-0.3, -0.25) is 0 Å². The van der Waals surface area contributed by atoms with E-state index in [1.807, 2.05) is 0 Å². The molecule has 0 amide bonds. The zero-order valence-electron chi connectivity index (χ0n) is 15.7. The molecule has 1 aromatic rings. The van der Waals surface area contributed by atoms with Crippen molar-refractivity contribution >= 4 is 20.8 Å². The molecule has 5 atom stereocenters. The number of aliphatic hydroxyl groups excluding tert-OH is 1. The van der Waals surface area contributed by atoms with Gasteiger partial charge in [-0.15, -0.1) is 0 Å². The first kappa shape index (κ1) is 19.4. The van der Waals surface area contributed by atoms with Gasteiger partial charge in [0.15, 0.2) is 11.5 Å². The van der Waals surface area contributed by atoms with Crippen molar-refractivity contribution in [2.75, 3.05) is 0 Å². The third-order valence-electron chi connectivity index (χ3n) is 7.38. The molecule has 2 fully saturated rings. The van der Waals surface area contributed by atoms with Crippen LogP contribution in [0.25, 0.3) is 0 Å². The topological polar surface area (TPSA) is 136 Å². The van der Waals surface area contributed by atoms with E-state index in [1.54, 1.807) is 0 Å². The van der Waals surface area contributed by atoms with Crippen molar-refractivity contribution in [3.05, 3.63) is 17.2 Å². The van der Waals surface area contributed by atoms with Gasteiger partial charge in [-0.25, -0.2) is 0 Å². The summed E-state index contributed by atoms with van der Waals surface area (Å²) in [5.41, 5.74) is 1.09. The smallest absolute Gasteiger partial charge is 0.466 e. The lowest BCUT2D eigenvalue weighted by Crippen LogP contribution is -2.44. The van der Waals surface area contributed by atoms with Gasteiger partial charge in [0.25, 0.3) is 0 Å². The molecule has 0 radical (unpaired) electrons. The summed E-state index contributed by atoms with van der Waals surface area (Å²) in [6.07, 6.45) is 4.15. The Kier molecular flexibility index (Phi) is 4.01. The molecule has 2 N–H and O–H groups in total. The number of aliphatic hydroxyl groups is 1. The Bertz CT molecular complexity index is 1090. The summed E-state index contributed by atoms with van der Waals surface area (Å²) < 4.78 is 61.5. The van der Waals surface area contributed by atoms with Crippen molar-refractivity contribution in [2.45, 2.75) is 57.5 Å². The number of phenols is 1. The highest BCUT2D eigenvalue weighted by molar-refractivity contribution is 7.95. The van der Waals surface area contributed by atoms with E-state index < -0.39 is 32.3 Å². The summed E-state index contributed by atoms with van der Waals surface area (Å²) in [7, 11) is -9.89. The van der Waals surface area contributed by atoms with Crippen molar-refractivity contribution in [1.29, 1.82) is 0 Å². The van der Waals surface area contributed by atoms with Gasteiger partial charge < -0.3 is 18.6 Å². The molecule has 1 heterocycles. The maximum Gasteiger partial charge on any atom is 0.466 e. The van der Waals surface area contributed by atoms with Gasteiger partial charge in [-0.1, -0.05) is 10.6 Å². The minimum Gasteiger partial charge on any atom is -0.504 e. The van der Waals surface area contributed by atoms with Crippen LogP contribution in [-0.4, -0.2) is 33.2 Å². The number of hydrogen-bond acceptors (Lipinski definition) is 9. The Morgan fingerprint density at radius 3 is 2.45 bits per heavy atom. The van der Waals surface area contributed by atoms with Crippen molar-refractivity contribution in [1.82, 2.24) is 0 Å². The van der Waals surface area contributed by atoms with Crippen LogP contribution in [-0.2, 0) is 30.8 Å². The molecule has 0 spiro atoms. The molecule has 2 saturated carbocycles. The van der Waals surface area contributed by atoms with Gasteiger partial charge in [-0.2, -0.15) is 16.8 Å². The highest BCUT2D eigenvalue weighted by Gasteiger charge is 2.55. The molecule has 4 aliphatic rings. The van der Waals surface area contributed by atoms with Crippen LogP contribution in [0.5, 0.6) is 17.2 Å². The van der Waals surface area contributed by atoms with E-state index in [1.165, 1.54) is 6.07 Å². The molecule has 11 heteroatoms. The second-order valence-electron chi connectivity index (χ2n) is 8.73. The number of phenolic OH excluding ortho intramolecular Hbond substituents is 1. The lowest BCUT2D eigenvalue weighted by atomic mass is 9.55. The molecule has 3 aliphatic carbocycles. The molecule has 0 saturated heterocycles. The normalized spacial score (nSPS) is 39.0. The van der Waals surface area contributed by atoms with Crippen LogP contribution in [0.3, 0.4) is 0 Å². The summed E-state index contributed by atoms with van der Waals surface area (Å²) in [4.78, 5) is 0. The molecule has 29 heavy (non-hydrogen) atoms. The number of rotatable bonds is 0. The molecule has 9 nitrogen and oxygen atoms in total. The fraction of sp³-hybridized carbons (Fsp3) is 0.667. The fourth-order valence-electron chi connectivity index (χ4n) is 6.15. The van der Waals surface area contributed by atoms with E-state index >= 15 is 0 Å². The second kappa shape index (κ2) is 5.99. The molecule has 0 unspecified atom stereocenters. The Balaban J connectivity index is 1.67. The van der Waals surface area contributed by atoms with Crippen LogP contribution < -0.4 is 8.37 Å². The van der Waals surface area contributed by atoms with E-state index in [0.29, 0.717) is 24.0 Å². The highest BCUT2D eigenvalue weighted by atomic mass is 32.3. The van der Waals surface area contributed by atoms with Crippen molar-refractivity contribution in [2.24, 2.45) is 17.3 Å². The molecule has 5 rings (SSSR count). The Labute approximate surface area is 169 Å². The van der Waals surface area contributed by atoms with Crippen LogP contribution in [0.2, 0.25) is 0 Å². The number of aryl methyl sites for hydroxylation is 1. The van der Waals surface area contributed by atoms with Crippen LogP contribution >= 0.6 is 0 Å². The minimum atomic E-state index is -4.96. The van der Waals surface area contributed by atoms with Gasteiger partial charge in [0.2, 0.25) is 5.75 Å². The molecular formula is C18H22O9S2. The Hall–Kier alpha value is -1.56. The van der Waals surface area contributed by atoms with E-state index in [0.717, 1.165) is 25.7 Å². The summed E-state index contributed by atoms with van der Waals surface area (Å²) in [6, 6.07) is 1.42. The van der Waals surface area contributed by atoms with Crippen LogP contribution in [0, 0.1) is 17.3 Å².